The summed E-state index contributed by atoms with van der Waals surface area (Å²) in [7, 11) is 0. The molecule has 1 amide bonds. The van der Waals surface area contributed by atoms with Crippen molar-refractivity contribution in [2.24, 2.45) is 5.92 Å². The molecule has 6 heteroatoms. The number of rotatable bonds is 6. The van der Waals surface area contributed by atoms with Crippen LogP contribution in [0.1, 0.15) is 75.2 Å². The van der Waals surface area contributed by atoms with Gasteiger partial charge in [-0.05, 0) is 70.3 Å². The van der Waals surface area contributed by atoms with E-state index in [1.54, 1.807) is 4.52 Å². The second-order valence-electron chi connectivity index (χ2n) is 8.35. The molecule has 4 rings (SSSR count). The normalized spacial score (nSPS) is 22.9. The van der Waals surface area contributed by atoms with E-state index in [1.807, 2.05) is 13.8 Å². The van der Waals surface area contributed by atoms with Crippen molar-refractivity contribution in [3.63, 3.8) is 0 Å². The van der Waals surface area contributed by atoms with Crippen molar-refractivity contribution < 1.29 is 4.79 Å². The molecule has 2 aromatic rings. The molecule has 2 saturated carbocycles. The SMILES string of the molecule is CCC1CCC(N(C(=O)CCc2c(C)nc3ncnn3c2C)C2CC2)CC1. The maximum absolute atomic E-state index is 13.2. The average molecular weight is 370 g/mol. The molecule has 2 aliphatic carbocycles. The van der Waals surface area contributed by atoms with Crippen molar-refractivity contribution in [1.29, 1.82) is 0 Å². The largest absolute Gasteiger partial charge is 0.337 e. The minimum Gasteiger partial charge on any atom is -0.337 e. The van der Waals surface area contributed by atoms with Gasteiger partial charge in [-0.25, -0.2) is 9.50 Å². The summed E-state index contributed by atoms with van der Waals surface area (Å²) < 4.78 is 1.78. The molecule has 27 heavy (non-hydrogen) atoms. The minimum atomic E-state index is 0.329. The van der Waals surface area contributed by atoms with Gasteiger partial charge in [0.15, 0.2) is 0 Å². The van der Waals surface area contributed by atoms with Gasteiger partial charge in [0.25, 0.3) is 5.78 Å². The van der Waals surface area contributed by atoms with Crippen LogP contribution in [0.15, 0.2) is 6.33 Å². The van der Waals surface area contributed by atoms with Crippen LogP contribution >= 0.6 is 0 Å². The predicted molar refractivity (Wildman–Crippen MR) is 104 cm³/mol. The highest BCUT2D eigenvalue weighted by Crippen LogP contribution is 2.36. The van der Waals surface area contributed by atoms with E-state index in [9.17, 15) is 4.79 Å². The van der Waals surface area contributed by atoms with Gasteiger partial charge in [0.2, 0.25) is 5.91 Å². The summed E-state index contributed by atoms with van der Waals surface area (Å²) in [5.74, 6) is 1.82. The molecule has 0 unspecified atom stereocenters. The fraction of sp³-hybridized carbons (Fsp3) is 0.714. The smallest absolute Gasteiger partial charge is 0.252 e. The molecule has 0 atom stereocenters. The van der Waals surface area contributed by atoms with Gasteiger partial charge in [0.1, 0.15) is 6.33 Å². The Morgan fingerprint density at radius 2 is 1.81 bits per heavy atom. The summed E-state index contributed by atoms with van der Waals surface area (Å²) in [6, 6.07) is 0.963. The van der Waals surface area contributed by atoms with E-state index in [2.05, 4.69) is 26.9 Å². The molecule has 0 aromatic carbocycles. The monoisotopic (exact) mass is 369 g/mol. The van der Waals surface area contributed by atoms with Crippen LogP contribution in [-0.4, -0.2) is 42.5 Å². The third-order valence-corrected chi connectivity index (χ3v) is 6.59. The van der Waals surface area contributed by atoms with E-state index in [0.717, 1.165) is 29.3 Å². The first kappa shape index (κ1) is 18.4. The number of carbonyl (C=O) groups is 1. The molecule has 2 heterocycles. The summed E-state index contributed by atoms with van der Waals surface area (Å²) >= 11 is 0. The molecule has 0 aliphatic heterocycles. The number of nitrogens with zero attached hydrogens (tertiary/aromatic N) is 5. The molecule has 2 aromatic heterocycles. The Hall–Kier alpha value is -1.98. The van der Waals surface area contributed by atoms with Gasteiger partial charge < -0.3 is 4.90 Å². The molecule has 0 bridgehead atoms. The zero-order valence-corrected chi connectivity index (χ0v) is 16.8. The molecule has 0 spiro atoms. The van der Waals surface area contributed by atoms with E-state index in [1.165, 1.54) is 51.3 Å². The summed E-state index contributed by atoms with van der Waals surface area (Å²) in [4.78, 5) is 24.1. The third kappa shape index (κ3) is 3.71. The van der Waals surface area contributed by atoms with Gasteiger partial charge in [0, 0.05) is 29.9 Å². The summed E-state index contributed by atoms with van der Waals surface area (Å²) in [6.45, 7) is 6.34. The van der Waals surface area contributed by atoms with Gasteiger partial charge in [-0.15, -0.1) is 0 Å². The highest BCUT2D eigenvalue weighted by Gasteiger charge is 2.38. The van der Waals surface area contributed by atoms with Crippen molar-refractivity contribution in [2.45, 2.75) is 90.6 Å². The maximum atomic E-state index is 13.2. The molecular formula is C21H31N5O. The van der Waals surface area contributed by atoms with E-state index >= 15 is 0 Å². The predicted octanol–water partition coefficient (Wildman–Crippen LogP) is 3.63. The number of aryl methyl sites for hydroxylation is 2. The van der Waals surface area contributed by atoms with Crippen LogP contribution in [0.25, 0.3) is 5.78 Å². The zero-order chi connectivity index (χ0) is 19.0. The molecule has 2 fully saturated rings. The molecular weight excluding hydrogens is 338 g/mol. The van der Waals surface area contributed by atoms with Crippen molar-refractivity contribution in [1.82, 2.24) is 24.5 Å². The molecule has 0 saturated heterocycles. The van der Waals surface area contributed by atoms with Crippen LogP contribution < -0.4 is 0 Å². The van der Waals surface area contributed by atoms with Gasteiger partial charge in [-0.1, -0.05) is 13.3 Å². The standard InChI is InChI=1S/C21H31N5O/c1-4-16-5-7-17(8-6-16)25(18-9-10-18)20(27)12-11-19-14(2)24-21-22-13-23-26(21)15(19)3/h13,16-18H,4-12H2,1-3H3. The number of amides is 1. The summed E-state index contributed by atoms with van der Waals surface area (Å²) in [6.07, 6.45) is 11.4. The molecule has 0 N–H and O–H groups in total. The van der Waals surface area contributed by atoms with Crippen LogP contribution in [0.2, 0.25) is 0 Å². The Morgan fingerprint density at radius 1 is 1.15 bits per heavy atom. The minimum absolute atomic E-state index is 0.329. The first-order valence-corrected chi connectivity index (χ1v) is 10.6. The highest BCUT2D eigenvalue weighted by atomic mass is 16.2. The Balaban J connectivity index is 1.45. The van der Waals surface area contributed by atoms with Gasteiger partial charge in [0.05, 0.1) is 0 Å². The van der Waals surface area contributed by atoms with E-state index in [-0.39, 0.29) is 0 Å². The van der Waals surface area contributed by atoms with Crippen molar-refractivity contribution >= 4 is 11.7 Å². The maximum Gasteiger partial charge on any atom is 0.252 e. The quantitative estimate of drug-likeness (QED) is 0.780. The van der Waals surface area contributed by atoms with Crippen LogP contribution in [-0.2, 0) is 11.2 Å². The van der Waals surface area contributed by atoms with Crippen molar-refractivity contribution in [3.05, 3.63) is 23.3 Å². The second kappa shape index (κ2) is 7.56. The zero-order valence-electron chi connectivity index (χ0n) is 16.8. The van der Waals surface area contributed by atoms with Crippen LogP contribution in [0.3, 0.4) is 0 Å². The van der Waals surface area contributed by atoms with Gasteiger partial charge >= 0.3 is 0 Å². The second-order valence-corrected chi connectivity index (χ2v) is 8.35. The van der Waals surface area contributed by atoms with Crippen LogP contribution in [0, 0.1) is 19.8 Å². The lowest BCUT2D eigenvalue weighted by Crippen LogP contribution is -2.44. The first-order chi connectivity index (χ1) is 13.1. The van der Waals surface area contributed by atoms with E-state index < -0.39 is 0 Å². The molecule has 146 valence electrons. The first-order valence-electron chi connectivity index (χ1n) is 10.6. The number of hydrogen-bond acceptors (Lipinski definition) is 4. The fourth-order valence-electron chi connectivity index (χ4n) is 4.77. The van der Waals surface area contributed by atoms with E-state index in [4.69, 9.17) is 0 Å². The average Bonchev–Trinajstić information content (AvgIpc) is 3.38. The Labute approximate surface area is 161 Å². The lowest BCUT2D eigenvalue weighted by Gasteiger charge is -2.37. The fourth-order valence-corrected chi connectivity index (χ4v) is 4.77. The van der Waals surface area contributed by atoms with Crippen molar-refractivity contribution in [3.8, 4) is 0 Å². The molecule has 6 nitrogen and oxygen atoms in total. The van der Waals surface area contributed by atoms with E-state index in [0.29, 0.717) is 30.2 Å². The Bertz CT molecular complexity index is 817. The van der Waals surface area contributed by atoms with Gasteiger partial charge in [-0.2, -0.15) is 10.1 Å². The Kier molecular flexibility index (Phi) is 5.15. The molecule has 2 aliphatic rings. The number of carbonyl (C=O) groups excluding carboxylic acids is 1. The van der Waals surface area contributed by atoms with Crippen LogP contribution in [0.5, 0.6) is 0 Å². The number of fused-ring (bicyclic) bond motifs is 1. The number of aromatic nitrogens is 4. The Morgan fingerprint density at radius 3 is 2.44 bits per heavy atom. The summed E-state index contributed by atoms with van der Waals surface area (Å²) in [5.41, 5.74) is 3.14. The number of hydrogen-bond donors (Lipinski definition) is 0. The highest BCUT2D eigenvalue weighted by molar-refractivity contribution is 5.77. The van der Waals surface area contributed by atoms with Gasteiger partial charge in [-0.3, -0.25) is 4.79 Å². The topological polar surface area (TPSA) is 63.4 Å². The van der Waals surface area contributed by atoms with Crippen molar-refractivity contribution in [2.75, 3.05) is 0 Å². The third-order valence-electron chi connectivity index (χ3n) is 6.59. The summed E-state index contributed by atoms with van der Waals surface area (Å²) in [5, 5.41) is 4.26. The molecule has 0 radical (unpaired) electrons. The lowest BCUT2D eigenvalue weighted by atomic mass is 9.83. The van der Waals surface area contributed by atoms with Crippen LogP contribution in [0.4, 0.5) is 0 Å². The lowest BCUT2D eigenvalue weighted by molar-refractivity contribution is -0.135.